The lowest BCUT2D eigenvalue weighted by atomic mass is 9.80. The van der Waals surface area contributed by atoms with Gasteiger partial charge in [0, 0.05) is 26.8 Å². The normalized spacial score (nSPS) is 12.3. The number of aryl methyl sites for hydroxylation is 2. The molecule has 2 nitrogen and oxygen atoms in total. The molecule has 0 aliphatic rings. The fraction of sp³-hybridized carbons (Fsp3) is 0.314. The lowest BCUT2D eigenvalue weighted by Gasteiger charge is -2.24. The van der Waals surface area contributed by atoms with Crippen LogP contribution < -0.4 is 4.57 Å². The van der Waals surface area contributed by atoms with Crippen molar-refractivity contribution in [2.45, 2.75) is 60.3 Å². The molecule has 5 rings (SSSR count). The molecule has 0 aliphatic heterocycles. The minimum absolute atomic E-state index is 0.00624. The third-order valence-electron chi connectivity index (χ3n) is 7.38. The van der Waals surface area contributed by atoms with Gasteiger partial charge in [-0.25, -0.2) is 0 Å². The maximum Gasteiger partial charge on any atom is 0.213 e. The Morgan fingerprint density at radius 1 is 0.868 bits per heavy atom. The van der Waals surface area contributed by atoms with E-state index in [1.165, 1.54) is 43.1 Å². The van der Waals surface area contributed by atoms with E-state index in [0.29, 0.717) is 5.56 Å². The van der Waals surface area contributed by atoms with Gasteiger partial charge in [0.1, 0.15) is 18.7 Å². The van der Waals surface area contributed by atoms with Crippen molar-refractivity contribution >= 4 is 32.2 Å². The van der Waals surface area contributed by atoms with Gasteiger partial charge in [-0.2, -0.15) is 9.83 Å². The van der Waals surface area contributed by atoms with Gasteiger partial charge in [-0.05, 0) is 75.2 Å². The molecule has 2 heterocycles. The highest BCUT2D eigenvalue weighted by atomic mass is 32.1. The molecule has 0 fully saturated rings. The molecule has 0 radical (unpaired) electrons. The fourth-order valence-corrected chi connectivity index (χ4v) is 6.70. The second-order valence-electron chi connectivity index (χ2n) is 12.8. The monoisotopic (exact) mass is 517 g/mol. The molecular weight excluding hydrogens is 480 g/mol. The van der Waals surface area contributed by atoms with Crippen molar-refractivity contribution in [2.24, 2.45) is 12.5 Å². The van der Waals surface area contributed by atoms with Gasteiger partial charge < -0.3 is 0 Å². The number of nitriles is 1. The number of thiophene rings is 1. The predicted octanol–water partition coefficient (Wildman–Crippen LogP) is 9.28. The van der Waals surface area contributed by atoms with Gasteiger partial charge in [0.05, 0.1) is 0 Å². The molecular formula is C35H37N2S+. The van der Waals surface area contributed by atoms with Crippen LogP contribution in [0.4, 0.5) is 0 Å². The van der Waals surface area contributed by atoms with E-state index in [9.17, 15) is 5.26 Å². The Kier molecular flexibility index (Phi) is 6.44. The van der Waals surface area contributed by atoms with Crippen molar-refractivity contribution in [1.29, 1.82) is 5.26 Å². The minimum atomic E-state index is 0.00624. The lowest BCUT2D eigenvalue weighted by Crippen LogP contribution is -2.31. The van der Waals surface area contributed by atoms with Gasteiger partial charge >= 0.3 is 0 Å². The maximum atomic E-state index is 10.1. The number of benzene rings is 3. The molecule has 192 valence electrons. The zero-order valence-electron chi connectivity index (χ0n) is 23.9. The Balaban J connectivity index is 1.72. The molecule has 0 unspecified atom stereocenters. The first-order valence-electron chi connectivity index (χ1n) is 13.4. The van der Waals surface area contributed by atoms with Crippen LogP contribution in [0.1, 0.15) is 63.8 Å². The van der Waals surface area contributed by atoms with Crippen LogP contribution in [0.3, 0.4) is 0 Å². The molecule has 0 saturated heterocycles. The van der Waals surface area contributed by atoms with E-state index in [2.05, 4.69) is 127 Å². The molecule has 0 spiro atoms. The summed E-state index contributed by atoms with van der Waals surface area (Å²) < 4.78 is 3.39. The second kappa shape index (κ2) is 9.37. The van der Waals surface area contributed by atoms with Gasteiger partial charge in [0.15, 0.2) is 6.20 Å². The molecule has 0 aliphatic carbocycles. The smallest absolute Gasteiger partial charge is 0.200 e. The largest absolute Gasteiger partial charge is 0.213 e. The molecule has 3 heteroatoms. The number of rotatable bonds is 3. The Morgan fingerprint density at radius 3 is 2.24 bits per heavy atom. The summed E-state index contributed by atoms with van der Waals surface area (Å²) in [5.41, 5.74) is 8.27. The summed E-state index contributed by atoms with van der Waals surface area (Å²) >= 11 is 1.78. The third kappa shape index (κ3) is 4.86. The molecule has 0 saturated carbocycles. The van der Waals surface area contributed by atoms with Crippen molar-refractivity contribution in [3.05, 3.63) is 89.1 Å². The van der Waals surface area contributed by atoms with E-state index in [0.717, 1.165) is 22.6 Å². The summed E-state index contributed by atoms with van der Waals surface area (Å²) in [5, 5.41) is 13.9. The van der Waals surface area contributed by atoms with Crippen LogP contribution in [0.25, 0.3) is 42.6 Å². The summed E-state index contributed by atoms with van der Waals surface area (Å²) in [6, 6.07) is 24.8. The Hall–Kier alpha value is -3.48. The summed E-state index contributed by atoms with van der Waals surface area (Å²) in [7, 11) is 2.05. The first-order valence-corrected chi connectivity index (χ1v) is 14.2. The Morgan fingerprint density at radius 2 is 1.58 bits per heavy atom. The van der Waals surface area contributed by atoms with Crippen LogP contribution in [-0.4, -0.2) is 0 Å². The standard InChI is InChI=1S/C35H37N2S/c1-22-26-11-9-10-12-27(26)30(35(5,6)7)17-28(22)31-18-29(25(20-36)21-37(31)8)33-16-24-14-13-23(15-32(24)38-33)19-34(2,3)4/h9-18,21H,19H2,1-8H3/q+1. The highest BCUT2D eigenvalue weighted by molar-refractivity contribution is 7.22. The van der Waals surface area contributed by atoms with E-state index in [1.807, 2.05) is 6.20 Å². The molecule has 5 aromatic rings. The van der Waals surface area contributed by atoms with E-state index in [4.69, 9.17) is 0 Å². The number of pyridine rings is 1. The lowest BCUT2D eigenvalue weighted by molar-refractivity contribution is -0.660. The number of aromatic nitrogens is 1. The number of nitrogens with zero attached hydrogens (tertiary/aromatic N) is 2. The van der Waals surface area contributed by atoms with Crippen molar-refractivity contribution < 1.29 is 4.57 Å². The highest BCUT2D eigenvalue weighted by Gasteiger charge is 2.25. The Bertz CT molecular complexity index is 1730. The summed E-state index contributed by atoms with van der Waals surface area (Å²) in [5.74, 6) is 0. The molecule has 2 aromatic heterocycles. The summed E-state index contributed by atoms with van der Waals surface area (Å²) in [6.45, 7) is 15.9. The van der Waals surface area contributed by atoms with Crippen LogP contribution in [0, 0.1) is 23.7 Å². The van der Waals surface area contributed by atoms with E-state index in [-0.39, 0.29) is 10.8 Å². The van der Waals surface area contributed by atoms with E-state index >= 15 is 0 Å². The fourth-order valence-electron chi connectivity index (χ4n) is 5.55. The van der Waals surface area contributed by atoms with Crippen LogP contribution in [0.15, 0.2) is 66.9 Å². The van der Waals surface area contributed by atoms with Gasteiger partial charge in [-0.3, -0.25) is 0 Å². The molecule has 0 atom stereocenters. The number of hydrogen-bond acceptors (Lipinski definition) is 2. The van der Waals surface area contributed by atoms with Crippen LogP contribution in [-0.2, 0) is 18.9 Å². The number of hydrogen-bond donors (Lipinski definition) is 0. The van der Waals surface area contributed by atoms with Gasteiger partial charge in [0.25, 0.3) is 0 Å². The summed E-state index contributed by atoms with van der Waals surface area (Å²) in [4.78, 5) is 1.14. The van der Waals surface area contributed by atoms with Crippen molar-refractivity contribution in [1.82, 2.24) is 0 Å². The summed E-state index contributed by atoms with van der Waals surface area (Å²) in [6.07, 6.45) is 3.04. The minimum Gasteiger partial charge on any atom is -0.200 e. The van der Waals surface area contributed by atoms with Crippen molar-refractivity contribution in [2.75, 3.05) is 0 Å². The first-order chi connectivity index (χ1) is 17.9. The molecule has 0 N–H and O–H groups in total. The molecule has 3 aromatic carbocycles. The molecule has 0 bridgehead atoms. The van der Waals surface area contributed by atoms with Gasteiger partial charge in [0.2, 0.25) is 5.69 Å². The molecule has 38 heavy (non-hydrogen) atoms. The van der Waals surface area contributed by atoms with Crippen LogP contribution in [0.2, 0.25) is 0 Å². The second-order valence-corrected chi connectivity index (χ2v) is 13.9. The van der Waals surface area contributed by atoms with Crippen molar-refractivity contribution in [3.8, 4) is 27.8 Å². The van der Waals surface area contributed by atoms with Gasteiger partial charge in [-0.15, -0.1) is 11.3 Å². The zero-order valence-corrected chi connectivity index (χ0v) is 24.7. The van der Waals surface area contributed by atoms with Crippen molar-refractivity contribution in [3.63, 3.8) is 0 Å². The average Bonchev–Trinajstić information content (AvgIpc) is 3.26. The third-order valence-corrected chi connectivity index (χ3v) is 8.51. The van der Waals surface area contributed by atoms with E-state index in [1.54, 1.807) is 11.3 Å². The quantitative estimate of drug-likeness (QED) is 0.219. The zero-order chi connectivity index (χ0) is 27.4. The van der Waals surface area contributed by atoms with E-state index < -0.39 is 0 Å². The average molecular weight is 518 g/mol. The first kappa shape index (κ1) is 26.1. The van der Waals surface area contributed by atoms with Gasteiger partial charge in [-0.1, -0.05) is 77.9 Å². The topological polar surface area (TPSA) is 27.7 Å². The number of fused-ring (bicyclic) bond motifs is 2. The molecule has 0 amide bonds. The predicted molar refractivity (Wildman–Crippen MR) is 163 cm³/mol. The van der Waals surface area contributed by atoms with Crippen LogP contribution >= 0.6 is 11.3 Å². The van der Waals surface area contributed by atoms with Crippen LogP contribution in [0.5, 0.6) is 0 Å². The Labute approximate surface area is 231 Å². The highest BCUT2D eigenvalue weighted by Crippen LogP contribution is 2.40. The maximum absolute atomic E-state index is 10.1. The SMILES string of the molecule is Cc1c(-c2cc(-c3cc4ccc(CC(C)(C)C)cc4s3)c(C#N)c[n+]2C)cc(C(C)(C)C)c2ccccc12.